The second-order valence-corrected chi connectivity index (χ2v) is 4.97. The minimum Gasteiger partial charge on any atom is -0.396 e. The van der Waals surface area contributed by atoms with Crippen LogP contribution in [0, 0.1) is 0 Å². The number of para-hydroxylation sites is 1. The maximum atomic E-state index is 12.2. The van der Waals surface area contributed by atoms with Gasteiger partial charge in [-0.1, -0.05) is 18.2 Å². The molecule has 19 heavy (non-hydrogen) atoms. The van der Waals surface area contributed by atoms with Gasteiger partial charge in [-0.15, -0.1) is 0 Å². The van der Waals surface area contributed by atoms with Crippen LogP contribution in [0.4, 0.5) is 5.69 Å². The first-order valence-corrected chi connectivity index (χ1v) is 7.00. The number of hydrogen-bond acceptors (Lipinski definition) is 3. The quantitative estimate of drug-likeness (QED) is 0.823. The number of carbonyl (C=O) groups is 1. The number of anilines is 1. The van der Waals surface area contributed by atoms with E-state index in [9.17, 15) is 4.79 Å². The van der Waals surface area contributed by atoms with E-state index >= 15 is 0 Å². The zero-order valence-electron chi connectivity index (χ0n) is 11.2. The lowest BCUT2D eigenvalue weighted by molar-refractivity contribution is -0.130. The number of aliphatic hydroxyl groups is 1. The van der Waals surface area contributed by atoms with Crippen molar-refractivity contribution < 1.29 is 9.90 Å². The molecule has 4 heteroatoms. The predicted octanol–water partition coefficient (Wildman–Crippen LogP) is 1.86. The average molecular weight is 262 g/mol. The maximum absolute atomic E-state index is 12.2. The Morgan fingerprint density at radius 3 is 2.89 bits per heavy atom. The highest BCUT2D eigenvalue weighted by Crippen LogP contribution is 2.21. The SMILES string of the molecule is O=C(CNc1ccccc1)N1CCCC1CCCO. The van der Waals surface area contributed by atoms with Crippen LogP contribution >= 0.6 is 0 Å². The van der Waals surface area contributed by atoms with Gasteiger partial charge < -0.3 is 15.3 Å². The molecule has 1 aromatic carbocycles. The maximum Gasteiger partial charge on any atom is 0.242 e. The number of nitrogens with one attached hydrogen (secondary N) is 1. The lowest BCUT2D eigenvalue weighted by Gasteiger charge is -2.25. The molecule has 0 spiro atoms. The molecule has 1 fully saturated rings. The average Bonchev–Trinajstić information content (AvgIpc) is 2.92. The lowest BCUT2D eigenvalue weighted by Crippen LogP contribution is -2.39. The predicted molar refractivity (Wildman–Crippen MR) is 76.0 cm³/mol. The Kier molecular flexibility index (Phi) is 5.21. The lowest BCUT2D eigenvalue weighted by atomic mass is 10.1. The number of nitrogens with zero attached hydrogens (tertiary/aromatic N) is 1. The Bertz CT molecular complexity index is 394. The van der Waals surface area contributed by atoms with Gasteiger partial charge in [-0.2, -0.15) is 0 Å². The van der Waals surface area contributed by atoms with E-state index in [-0.39, 0.29) is 12.5 Å². The standard InChI is InChI=1S/C15H22N2O2/c18-11-5-9-14-8-4-10-17(14)15(19)12-16-13-6-2-1-3-7-13/h1-3,6-7,14,16,18H,4-5,8-12H2. The van der Waals surface area contributed by atoms with Crippen molar-refractivity contribution in [3.05, 3.63) is 30.3 Å². The molecule has 1 unspecified atom stereocenters. The zero-order valence-corrected chi connectivity index (χ0v) is 11.2. The number of likely N-dealkylation sites (tertiary alicyclic amines) is 1. The Morgan fingerprint density at radius 2 is 2.16 bits per heavy atom. The van der Waals surface area contributed by atoms with Gasteiger partial charge in [-0.3, -0.25) is 4.79 Å². The summed E-state index contributed by atoms with van der Waals surface area (Å²) in [6.45, 7) is 1.41. The van der Waals surface area contributed by atoms with Crippen molar-refractivity contribution in [2.75, 3.05) is 25.0 Å². The summed E-state index contributed by atoms with van der Waals surface area (Å²) >= 11 is 0. The van der Waals surface area contributed by atoms with Gasteiger partial charge in [0.25, 0.3) is 0 Å². The Hall–Kier alpha value is -1.55. The second-order valence-electron chi connectivity index (χ2n) is 4.97. The van der Waals surface area contributed by atoms with E-state index in [4.69, 9.17) is 5.11 Å². The first kappa shape index (κ1) is 13.9. The number of rotatable bonds is 6. The van der Waals surface area contributed by atoms with Gasteiger partial charge in [-0.05, 0) is 37.8 Å². The summed E-state index contributed by atoms with van der Waals surface area (Å²) in [5, 5.41) is 12.0. The first-order valence-electron chi connectivity index (χ1n) is 7.00. The molecule has 0 aliphatic carbocycles. The zero-order chi connectivity index (χ0) is 13.5. The van der Waals surface area contributed by atoms with Crippen LogP contribution in [0.2, 0.25) is 0 Å². The Morgan fingerprint density at radius 1 is 1.37 bits per heavy atom. The van der Waals surface area contributed by atoms with Gasteiger partial charge in [0, 0.05) is 24.9 Å². The minimum absolute atomic E-state index is 0.157. The molecule has 1 saturated heterocycles. The monoisotopic (exact) mass is 262 g/mol. The van der Waals surface area contributed by atoms with E-state index in [1.54, 1.807) is 0 Å². The Balaban J connectivity index is 1.82. The smallest absolute Gasteiger partial charge is 0.242 e. The molecule has 0 radical (unpaired) electrons. The summed E-state index contributed by atoms with van der Waals surface area (Å²) in [4.78, 5) is 14.2. The molecular formula is C15H22N2O2. The molecular weight excluding hydrogens is 240 g/mol. The van der Waals surface area contributed by atoms with Crippen LogP contribution in [0.15, 0.2) is 30.3 Å². The number of carbonyl (C=O) groups excluding carboxylic acids is 1. The van der Waals surface area contributed by atoms with Crippen LogP contribution in [-0.2, 0) is 4.79 Å². The second kappa shape index (κ2) is 7.14. The van der Waals surface area contributed by atoms with Crippen molar-refractivity contribution in [3.63, 3.8) is 0 Å². The van der Waals surface area contributed by atoms with Crippen molar-refractivity contribution in [2.45, 2.75) is 31.7 Å². The van der Waals surface area contributed by atoms with Crippen molar-refractivity contribution in [1.29, 1.82) is 0 Å². The molecule has 1 amide bonds. The molecule has 0 aromatic heterocycles. The highest BCUT2D eigenvalue weighted by atomic mass is 16.3. The van der Waals surface area contributed by atoms with Crippen molar-refractivity contribution in [1.82, 2.24) is 4.90 Å². The van der Waals surface area contributed by atoms with E-state index < -0.39 is 0 Å². The van der Waals surface area contributed by atoms with Gasteiger partial charge >= 0.3 is 0 Å². The molecule has 1 heterocycles. The molecule has 1 atom stereocenters. The summed E-state index contributed by atoms with van der Waals surface area (Å²) < 4.78 is 0. The normalized spacial score (nSPS) is 18.6. The molecule has 2 N–H and O–H groups in total. The third kappa shape index (κ3) is 3.96. The summed E-state index contributed by atoms with van der Waals surface area (Å²) in [5.74, 6) is 0.157. The van der Waals surface area contributed by atoms with Crippen LogP contribution < -0.4 is 5.32 Å². The topological polar surface area (TPSA) is 52.6 Å². The van der Waals surface area contributed by atoms with E-state index in [0.29, 0.717) is 12.6 Å². The van der Waals surface area contributed by atoms with Gasteiger partial charge in [-0.25, -0.2) is 0 Å². The van der Waals surface area contributed by atoms with E-state index in [0.717, 1.165) is 37.9 Å². The third-order valence-electron chi connectivity index (χ3n) is 3.61. The van der Waals surface area contributed by atoms with Crippen LogP contribution in [-0.4, -0.2) is 41.7 Å². The van der Waals surface area contributed by atoms with Crippen LogP contribution in [0.3, 0.4) is 0 Å². The molecule has 1 aliphatic heterocycles. The summed E-state index contributed by atoms with van der Waals surface area (Å²) in [7, 11) is 0. The number of benzene rings is 1. The van der Waals surface area contributed by atoms with Gasteiger partial charge in [0.2, 0.25) is 5.91 Å². The summed E-state index contributed by atoms with van der Waals surface area (Å²) in [5.41, 5.74) is 0.974. The third-order valence-corrected chi connectivity index (χ3v) is 3.61. The largest absolute Gasteiger partial charge is 0.396 e. The van der Waals surface area contributed by atoms with Crippen molar-refractivity contribution in [3.8, 4) is 0 Å². The summed E-state index contributed by atoms with van der Waals surface area (Å²) in [6, 6.07) is 10.1. The van der Waals surface area contributed by atoms with Gasteiger partial charge in [0.15, 0.2) is 0 Å². The fourth-order valence-corrected chi connectivity index (χ4v) is 2.63. The summed E-state index contributed by atoms with van der Waals surface area (Å²) in [6.07, 6.45) is 3.83. The van der Waals surface area contributed by atoms with Crippen LogP contribution in [0.1, 0.15) is 25.7 Å². The van der Waals surface area contributed by atoms with Gasteiger partial charge in [0.1, 0.15) is 0 Å². The van der Waals surface area contributed by atoms with E-state index in [2.05, 4.69) is 5.32 Å². The highest BCUT2D eigenvalue weighted by molar-refractivity contribution is 5.81. The number of amides is 1. The Labute approximate surface area is 114 Å². The molecule has 1 aromatic rings. The molecule has 0 bridgehead atoms. The molecule has 104 valence electrons. The number of hydrogen-bond donors (Lipinski definition) is 2. The van der Waals surface area contributed by atoms with Gasteiger partial charge in [0.05, 0.1) is 6.54 Å². The highest BCUT2D eigenvalue weighted by Gasteiger charge is 2.27. The first-order chi connectivity index (χ1) is 9.31. The van der Waals surface area contributed by atoms with E-state index in [1.165, 1.54) is 0 Å². The molecule has 2 rings (SSSR count). The fraction of sp³-hybridized carbons (Fsp3) is 0.533. The van der Waals surface area contributed by atoms with Crippen molar-refractivity contribution >= 4 is 11.6 Å². The molecule has 4 nitrogen and oxygen atoms in total. The molecule has 0 saturated carbocycles. The number of aliphatic hydroxyl groups excluding tert-OH is 1. The van der Waals surface area contributed by atoms with Crippen molar-refractivity contribution in [2.24, 2.45) is 0 Å². The fourth-order valence-electron chi connectivity index (χ4n) is 2.63. The van der Waals surface area contributed by atoms with Crippen LogP contribution in [0.5, 0.6) is 0 Å². The molecule has 1 aliphatic rings. The van der Waals surface area contributed by atoms with E-state index in [1.807, 2.05) is 35.2 Å². The van der Waals surface area contributed by atoms with Crippen LogP contribution in [0.25, 0.3) is 0 Å². The minimum atomic E-state index is 0.157.